The Kier molecular flexibility index (Phi) is 5.22. The summed E-state index contributed by atoms with van der Waals surface area (Å²) in [4.78, 5) is 25.4. The normalized spacial score (nSPS) is 30.2. The lowest BCUT2D eigenvalue weighted by atomic mass is 9.82. The molecule has 2 fully saturated rings. The molecule has 6 heteroatoms. The number of nitrogens with one attached hydrogen (secondary N) is 2. The van der Waals surface area contributed by atoms with Gasteiger partial charge in [0.15, 0.2) is 0 Å². The number of carboxylic acids is 1. The number of carbonyl (C=O) groups excluding carboxylic acids is 1. The third-order valence-electron chi connectivity index (χ3n) is 4.68. The second-order valence-electron chi connectivity index (χ2n) is 6.11. The highest BCUT2D eigenvalue weighted by Gasteiger charge is 2.36. The molecule has 3 unspecified atom stereocenters. The molecule has 0 saturated carbocycles. The average Bonchev–Trinajstić information content (AvgIpc) is 2.39. The van der Waals surface area contributed by atoms with Gasteiger partial charge in [-0.15, -0.1) is 6.58 Å². The Morgan fingerprint density at radius 1 is 1.38 bits per heavy atom. The Bertz CT molecular complexity index is 399. The summed E-state index contributed by atoms with van der Waals surface area (Å²) in [6.45, 7) is 3.51. The lowest BCUT2D eigenvalue weighted by molar-refractivity contribution is -0.139. The van der Waals surface area contributed by atoms with Gasteiger partial charge in [0.25, 0.3) is 0 Å². The van der Waals surface area contributed by atoms with Crippen molar-refractivity contribution in [3.63, 3.8) is 0 Å². The number of hydrogen-bond donors (Lipinski definition) is 3. The predicted octanol–water partition coefficient (Wildman–Crippen LogP) is 1.33. The van der Waals surface area contributed by atoms with E-state index in [2.05, 4.69) is 29.2 Å². The Labute approximate surface area is 125 Å². The van der Waals surface area contributed by atoms with E-state index in [4.69, 9.17) is 5.11 Å². The zero-order chi connectivity index (χ0) is 15.4. The third-order valence-corrected chi connectivity index (χ3v) is 4.68. The third kappa shape index (κ3) is 3.97. The summed E-state index contributed by atoms with van der Waals surface area (Å²) in [5, 5.41) is 14.5. The Morgan fingerprint density at radius 3 is 2.52 bits per heavy atom. The summed E-state index contributed by atoms with van der Waals surface area (Å²) in [5.74, 6) is -1.04. The van der Waals surface area contributed by atoms with Crippen LogP contribution in [0.25, 0.3) is 0 Å². The maximum atomic E-state index is 12.0. The summed E-state index contributed by atoms with van der Waals surface area (Å²) < 4.78 is 0. The minimum atomic E-state index is -1.04. The number of aliphatic carboxylic acids is 1. The molecule has 2 amide bonds. The van der Waals surface area contributed by atoms with Gasteiger partial charge in [-0.2, -0.15) is 0 Å². The van der Waals surface area contributed by atoms with Crippen molar-refractivity contribution in [1.29, 1.82) is 0 Å². The van der Waals surface area contributed by atoms with Crippen LogP contribution in [0.2, 0.25) is 0 Å². The van der Waals surface area contributed by atoms with Gasteiger partial charge in [-0.1, -0.05) is 12.5 Å². The number of hydrogen-bond acceptors (Lipinski definition) is 3. The first kappa shape index (κ1) is 15.8. The minimum absolute atomic E-state index is 0.134. The van der Waals surface area contributed by atoms with Crippen molar-refractivity contribution in [1.82, 2.24) is 15.5 Å². The largest absolute Gasteiger partial charge is 0.480 e. The number of nitrogens with zero attached hydrogens (tertiary/aromatic N) is 1. The van der Waals surface area contributed by atoms with Crippen LogP contribution < -0.4 is 10.6 Å². The molecule has 21 heavy (non-hydrogen) atoms. The Morgan fingerprint density at radius 2 is 2.00 bits per heavy atom. The van der Waals surface area contributed by atoms with Crippen molar-refractivity contribution in [2.75, 3.05) is 7.05 Å². The second-order valence-corrected chi connectivity index (χ2v) is 6.11. The number of piperidine rings is 2. The zero-order valence-electron chi connectivity index (χ0n) is 12.5. The van der Waals surface area contributed by atoms with Gasteiger partial charge in [-0.05, 0) is 39.2 Å². The molecule has 6 nitrogen and oxygen atoms in total. The molecule has 0 aromatic rings. The first-order chi connectivity index (χ1) is 10.0. The molecule has 0 aromatic heterocycles. The van der Waals surface area contributed by atoms with E-state index in [-0.39, 0.29) is 12.5 Å². The van der Waals surface area contributed by atoms with E-state index in [1.54, 1.807) is 0 Å². The Balaban J connectivity index is 1.85. The van der Waals surface area contributed by atoms with Crippen LogP contribution in [-0.4, -0.2) is 53.2 Å². The fourth-order valence-corrected chi connectivity index (χ4v) is 3.51. The Hall–Kier alpha value is -1.56. The highest BCUT2D eigenvalue weighted by Crippen LogP contribution is 2.32. The summed E-state index contributed by atoms with van der Waals surface area (Å²) in [5.41, 5.74) is 0. The number of urea groups is 1. The number of amides is 2. The van der Waals surface area contributed by atoms with E-state index >= 15 is 0 Å². The SMILES string of the molecule is C=CCC(NC(=O)NC1CC2CCCC(C1)N2C)C(=O)O. The van der Waals surface area contributed by atoms with Crippen molar-refractivity contribution in [2.45, 2.75) is 62.7 Å². The predicted molar refractivity (Wildman–Crippen MR) is 80.1 cm³/mol. The van der Waals surface area contributed by atoms with Gasteiger partial charge in [0.2, 0.25) is 0 Å². The monoisotopic (exact) mass is 295 g/mol. The first-order valence-electron chi connectivity index (χ1n) is 7.64. The minimum Gasteiger partial charge on any atom is -0.480 e. The van der Waals surface area contributed by atoms with Crippen molar-refractivity contribution in [3.05, 3.63) is 12.7 Å². The molecule has 2 saturated heterocycles. The van der Waals surface area contributed by atoms with Crippen LogP contribution in [0.5, 0.6) is 0 Å². The first-order valence-corrected chi connectivity index (χ1v) is 7.64. The van der Waals surface area contributed by atoms with E-state index in [0.717, 1.165) is 12.8 Å². The van der Waals surface area contributed by atoms with Crippen LogP contribution in [0.15, 0.2) is 12.7 Å². The van der Waals surface area contributed by atoms with Gasteiger partial charge in [-0.3, -0.25) is 0 Å². The van der Waals surface area contributed by atoms with E-state index in [0.29, 0.717) is 12.1 Å². The van der Waals surface area contributed by atoms with E-state index in [1.165, 1.54) is 25.3 Å². The molecule has 0 spiro atoms. The fraction of sp³-hybridized carbons (Fsp3) is 0.733. The summed E-state index contributed by atoms with van der Waals surface area (Å²) >= 11 is 0. The van der Waals surface area contributed by atoms with Crippen LogP contribution in [0, 0.1) is 0 Å². The van der Waals surface area contributed by atoms with Crippen molar-refractivity contribution in [2.24, 2.45) is 0 Å². The average molecular weight is 295 g/mol. The smallest absolute Gasteiger partial charge is 0.326 e. The zero-order valence-corrected chi connectivity index (χ0v) is 12.5. The molecule has 0 aliphatic carbocycles. The van der Waals surface area contributed by atoms with Crippen LogP contribution in [-0.2, 0) is 4.79 Å². The molecule has 2 aliphatic heterocycles. The maximum absolute atomic E-state index is 12.0. The number of rotatable bonds is 5. The lowest BCUT2D eigenvalue weighted by Crippen LogP contribution is -2.57. The van der Waals surface area contributed by atoms with Gasteiger partial charge in [0, 0.05) is 18.1 Å². The van der Waals surface area contributed by atoms with Crippen molar-refractivity contribution in [3.8, 4) is 0 Å². The lowest BCUT2D eigenvalue weighted by Gasteiger charge is -2.47. The summed E-state index contributed by atoms with van der Waals surface area (Å²) in [6, 6.07) is -0.0997. The van der Waals surface area contributed by atoms with Crippen molar-refractivity contribution >= 4 is 12.0 Å². The van der Waals surface area contributed by atoms with Crippen molar-refractivity contribution < 1.29 is 14.7 Å². The molecular formula is C15H25N3O3. The number of carboxylic acid groups (broad SMARTS) is 1. The molecule has 2 bridgehead atoms. The standard InChI is InChI=1S/C15H25N3O3/c1-3-5-13(14(19)20)17-15(21)16-10-8-11-6-4-7-12(9-10)18(11)2/h3,10-13H,1,4-9H2,2H3,(H,19,20)(H2,16,17,21). The highest BCUT2D eigenvalue weighted by molar-refractivity contribution is 5.82. The summed E-state index contributed by atoms with van der Waals surface area (Å²) in [7, 11) is 2.16. The van der Waals surface area contributed by atoms with Crippen LogP contribution >= 0.6 is 0 Å². The van der Waals surface area contributed by atoms with E-state index < -0.39 is 18.0 Å². The molecule has 118 valence electrons. The van der Waals surface area contributed by atoms with Crippen LogP contribution in [0.4, 0.5) is 4.79 Å². The number of fused-ring (bicyclic) bond motifs is 2. The number of carbonyl (C=O) groups is 2. The highest BCUT2D eigenvalue weighted by atomic mass is 16.4. The van der Waals surface area contributed by atoms with E-state index in [9.17, 15) is 9.59 Å². The van der Waals surface area contributed by atoms with Gasteiger partial charge < -0.3 is 20.6 Å². The quantitative estimate of drug-likeness (QED) is 0.668. The molecule has 2 heterocycles. The second kappa shape index (κ2) is 6.93. The van der Waals surface area contributed by atoms with Gasteiger partial charge in [0.1, 0.15) is 6.04 Å². The molecule has 0 aromatic carbocycles. The molecular weight excluding hydrogens is 270 g/mol. The summed E-state index contributed by atoms with van der Waals surface area (Å²) in [6.07, 6.45) is 7.24. The van der Waals surface area contributed by atoms with E-state index in [1.807, 2.05) is 0 Å². The van der Waals surface area contributed by atoms with Crippen LogP contribution in [0.3, 0.4) is 0 Å². The van der Waals surface area contributed by atoms with Crippen LogP contribution in [0.1, 0.15) is 38.5 Å². The maximum Gasteiger partial charge on any atom is 0.326 e. The molecule has 0 radical (unpaired) electrons. The molecule has 2 aliphatic rings. The topological polar surface area (TPSA) is 81.7 Å². The van der Waals surface area contributed by atoms with Gasteiger partial charge in [-0.25, -0.2) is 9.59 Å². The van der Waals surface area contributed by atoms with Gasteiger partial charge in [0.05, 0.1) is 0 Å². The van der Waals surface area contributed by atoms with Gasteiger partial charge >= 0.3 is 12.0 Å². The fourth-order valence-electron chi connectivity index (χ4n) is 3.51. The molecule has 2 rings (SSSR count). The molecule has 3 atom stereocenters. The molecule has 3 N–H and O–H groups in total.